The van der Waals surface area contributed by atoms with Crippen molar-refractivity contribution in [3.63, 3.8) is 0 Å². The number of benzene rings is 2. The summed E-state index contributed by atoms with van der Waals surface area (Å²) in [5.74, 6) is -0.612. The maximum atomic E-state index is 13.1. The number of aromatic hydroxyl groups is 1. The molecule has 0 unspecified atom stereocenters. The van der Waals surface area contributed by atoms with Crippen LogP contribution in [0.2, 0.25) is 0 Å². The fourth-order valence-corrected chi connectivity index (χ4v) is 1.94. The largest absolute Gasteiger partial charge is 0.508 e. The third-order valence-electron chi connectivity index (χ3n) is 3.01. The molecule has 23 heavy (non-hydrogen) atoms. The number of hydrogen-bond donors (Lipinski definition) is 2. The molecule has 2 aromatic rings. The van der Waals surface area contributed by atoms with E-state index in [9.17, 15) is 14.3 Å². The van der Waals surface area contributed by atoms with Crippen LogP contribution < -0.4 is 5.32 Å². The summed E-state index contributed by atoms with van der Waals surface area (Å²) >= 11 is 0. The first-order chi connectivity index (χ1) is 11.1. The van der Waals surface area contributed by atoms with Crippen LogP contribution in [0, 0.1) is 5.82 Å². The number of halogens is 1. The molecule has 0 aliphatic carbocycles. The van der Waals surface area contributed by atoms with E-state index in [0.29, 0.717) is 18.5 Å². The fraction of sp³-hybridized carbons (Fsp3) is 0.167. The van der Waals surface area contributed by atoms with Crippen molar-refractivity contribution in [1.82, 2.24) is 5.32 Å². The van der Waals surface area contributed by atoms with Gasteiger partial charge in [0.1, 0.15) is 18.2 Å². The van der Waals surface area contributed by atoms with Crippen LogP contribution in [0.25, 0.3) is 6.08 Å². The predicted molar refractivity (Wildman–Crippen MR) is 86.3 cm³/mol. The molecule has 0 heterocycles. The first-order valence-corrected chi connectivity index (χ1v) is 7.24. The molecule has 0 spiro atoms. The van der Waals surface area contributed by atoms with Crippen LogP contribution in [0.5, 0.6) is 5.75 Å². The molecule has 120 valence electrons. The minimum Gasteiger partial charge on any atom is -0.508 e. The number of phenols is 1. The second-order valence-electron chi connectivity index (χ2n) is 4.92. The predicted octanol–water partition coefficient (Wildman–Crippen LogP) is 3.86. The molecule has 2 rings (SSSR count). The number of carbonyl (C=O) groups is 1. The highest BCUT2D eigenvalue weighted by Crippen LogP contribution is 2.15. The zero-order valence-corrected chi connectivity index (χ0v) is 12.5. The summed E-state index contributed by atoms with van der Waals surface area (Å²) in [4.78, 5) is 11.5. The van der Waals surface area contributed by atoms with Gasteiger partial charge < -0.3 is 15.2 Å². The zero-order chi connectivity index (χ0) is 16.5. The average Bonchev–Trinajstić information content (AvgIpc) is 2.53. The van der Waals surface area contributed by atoms with Gasteiger partial charge in [-0.3, -0.25) is 0 Å². The first-order valence-electron chi connectivity index (χ1n) is 7.24. The van der Waals surface area contributed by atoms with Gasteiger partial charge in [0, 0.05) is 12.6 Å². The molecular weight excluding hydrogens is 297 g/mol. The minimum absolute atomic E-state index is 0.118. The maximum Gasteiger partial charge on any atom is 0.407 e. The topological polar surface area (TPSA) is 58.6 Å². The second kappa shape index (κ2) is 8.58. The number of ether oxygens (including phenoxy) is 1. The summed E-state index contributed by atoms with van der Waals surface area (Å²) in [6.07, 6.45) is 3.55. The van der Waals surface area contributed by atoms with Crippen molar-refractivity contribution in [3.05, 3.63) is 71.6 Å². The number of amides is 1. The van der Waals surface area contributed by atoms with Crippen molar-refractivity contribution in [1.29, 1.82) is 0 Å². The summed E-state index contributed by atoms with van der Waals surface area (Å²) < 4.78 is 18.1. The van der Waals surface area contributed by atoms with Gasteiger partial charge >= 0.3 is 6.09 Å². The smallest absolute Gasteiger partial charge is 0.407 e. The zero-order valence-electron chi connectivity index (χ0n) is 12.5. The number of rotatable bonds is 6. The maximum absolute atomic E-state index is 13.1. The van der Waals surface area contributed by atoms with E-state index in [-0.39, 0.29) is 12.4 Å². The number of alkyl carbamates (subject to hydrolysis) is 1. The van der Waals surface area contributed by atoms with Gasteiger partial charge in [0.05, 0.1) is 0 Å². The molecule has 0 bridgehead atoms. The van der Waals surface area contributed by atoms with Crippen molar-refractivity contribution in [3.8, 4) is 5.75 Å². The quantitative estimate of drug-likeness (QED) is 0.796. The lowest BCUT2D eigenvalue weighted by Gasteiger charge is -2.05. The highest BCUT2D eigenvalue weighted by Gasteiger charge is 2.01. The van der Waals surface area contributed by atoms with Crippen molar-refractivity contribution < 1.29 is 19.0 Å². The van der Waals surface area contributed by atoms with Crippen LogP contribution in [-0.2, 0) is 11.3 Å². The number of nitrogens with one attached hydrogen (secondary N) is 1. The highest BCUT2D eigenvalue weighted by molar-refractivity contribution is 5.67. The fourth-order valence-electron chi connectivity index (χ4n) is 1.94. The van der Waals surface area contributed by atoms with Gasteiger partial charge in [-0.25, -0.2) is 9.18 Å². The Bertz CT molecular complexity index is 651. The third kappa shape index (κ3) is 6.22. The molecule has 0 aliphatic rings. The monoisotopic (exact) mass is 315 g/mol. The van der Waals surface area contributed by atoms with E-state index in [4.69, 9.17) is 4.74 Å². The van der Waals surface area contributed by atoms with Crippen LogP contribution >= 0.6 is 0 Å². The standard InChI is InChI=1S/C18H18FNO3/c19-16-10-15(11-17(21)12-16)8-4-5-9-20-18(22)23-13-14-6-2-1-3-7-14/h1-4,6-8,10-12,21H,5,9,13H2,(H,20,22). The Morgan fingerprint density at radius 2 is 2.00 bits per heavy atom. The van der Waals surface area contributed by atoms with E-state index in [1.807, 2.05) is 30.3 Å². The van der Waals surface area contributed by atoms with Gasteiger partial charge in [-0.1, -0.05) is 42.5 Å². The molecule has 0 aromatic heterocycles. The van der Waals surface area contributed by atoms with Crippen LogP contribution in [0.3, 0.4) is 0 Å². The third-order valence-corrected chi connectivity index (χ3v) is 3.01. The second-order valence-corrected chi connectivity index (χ2v) is 4.92. The minimum atomic E-state index is -0.493. The number of hydrogen-bond acceptors (Lipinski definition) is 3. The molecule has 0 atom stereocenters. The highest BCUT2D eigenvalue weighted by atomic mass is 19.1. The van der Waals surface area contributed by atoms with E-state index in [1.165, 1.54) is 12.1 Å². The summed E-state index contributed by atoms with van der Waals surface area (Å²) in [6, 6.07) is 13.2. The van der Waals surface area contributed by atoms with Gasteiger partial charge in [0.15, 0.2) is 0 Å². The molecule has 0 aliphatic heterocycles. The van der Waals surface area contributed by atoms with Crippen LogP contribution in [0.4, 0.5) is 9.18 Å². The molecule has 2 N–H and O–H groups in total. The SMILES string of the molecule is O=C(NCCC=Cc1cc(O)cc(F)c1)OCc1ccccc1. The van der Waals surface area contributed by atoms with E-state index >= 15 is 0 Å². The van der Waals surface area contributed by atoms with E-state index in [0.717, 1.165) is 11.6 Å². The number of carbonyl (C=O) groups excluding carboxylic acids is 1. The van der Waals surface area contributed by atoms with Crippen molar-refractivity contribution >= 4 is 12.2 Å². The molecule has 0 radical (unpaired) electrons. The van der Waals surface area contributed by atoms with Gasteiger partial charge in [-0.15, -0.1) is 0 Å². The lowest BCUT2D eigenvalue weighted by atomic mass is 10.2. The van der Waals surface area contributed by atoms with Gasteiger partial charge in [0.25, 0.3) is 0 Å². The molecule has 1 amide bonds. The van der Waals surface area contributed by atoms with Crippen LogP contribution in [-0.4, -0.2) is 17.7 Å². The molecule has 4 nitrogen and oxygen atoms in total. The summed E-state index contributed by atoms with van der Waals surface area (Å²) in [7, 11) is 0. The lowest BCUT2D eigenvalue weighted by Crippen LogP contribution is -2.24. The van der Waals surface area contributed by atoms with Crippen LogP contribution in [0.1, 0.15) is 17.5 Å². The molecule has 2 aromatic carbocycles. The molecule has 0 fully saturated rings. The Kier molecular flexibility index (Phi) is 6.17. The van der Waals surface area contributed by atoms with Gasteiger partial charge in [-0.05, 0) is 29.7 Å². The normalized spacial score (nSPS) is 10.7. The average molecular weight is 315 g/mol. The van der Waals surface area contributed by atoms with E-state index < -0.39 is 11.9 Å². The summed E-state index contributed by atoms with van der Waals surface area (Å²) in [5, 5.41) is 11.9. The summed E-state index contributed by atoms with van der Waals surface area (Å²) in [5.41, 5.74) is 1.49. The van der Waals surface area contributed by atoms with Crippen molar-refractivity contribution in [2.75, 3.05) is 6.54 Å². The van der Waals surface area contributed by atoms with Crippen LogP contribution in [0.15, 0.2) is 54.6 Å². The van der Waals surface area contributed by atoms with E-state index in [2.05, 4.69) is 5.32 Å². The Labute approximate surface area is 134 Å². The van der Waals surface area contributed by atoms with Crippen molar-refractivity contribution in [2.45, 2.75) is 13.0 Å². The Hall–Kier alpha value is -2.82. The Balaban J connectivity index is 1.66. The summed E-state index contributed by atoms with van der Waals surface area (Å²) in [6.45, 7) is 0.635. The molecule has 0 saturated carbocycles. The van der Waals surface area contributed by atoms with E-state index in [1.54, 1.807) is 12.2 Å². The van der Waals surface area contributed by atoms with Gasteiger partial charge in [-0.2, -0.15) is 0 Å². The van der Waals surface area contributed by atoms with Crippen molar-refractivity contribution in [2.24, 2.45) is 0 Å². The molecule has 0 saturated heterocycles. The molecular formula is C18H18FNO3. The Morgan fingerprint density at radius 1 is 1.22 bits per heavy atom. The first kappa shape index (κ1) is 16.5. The Morgan fingerprint density at radius 3 is 2.74 bits per heavy atom. The lowest BCUT2D eigenvalue weighted by molar-refractivity contribution is 0.140. The van der Waals surface area contributed by atoms with Gasteiger partial charge in [0.2, 0.25) is 0 Å². The molecule has 5 heteroatoms. The number of phenolic OH excluding ortho intramolecular Hbond substituents is 1.